The third-order valence-corrected chi connectivity index (χ3v) is 5.94. The first-order valence-electron chi connectivity index (χ1n) is 10.3. The molecule has 2 aromatic carbocycles. The van der Waals surface area contributed by atoms with E-state index in [9.17, 15) is 4.79 Å². The number of benzene rings is 2. The lowest BCUT2D eigenvalue weighted by atomic mass is 10.00. The van der Waals surface area contributed by atoms with Crippen LogP contribution in [0.2, 0.25) is 0 Å². The zero-order chi connectivity index (χ0) is 20.5. The van der Waals surface area contributed by atoms with Gasteiger partial charge in [-0.25, -0.2) is 9.78 Å². The molecule has 3 heterocycles. The molecule has 1 aromatic heterocycles. The molecule has 6 nitrogen and oxygen atoms in total. The van der Waals surface area contributed by atoms with E-state index in [4.69, 9.17) is 4.74 Å². The van der Waals surface area contributed by atoms with Crippen LogP contribution in [-0.4, -0.2) is 58.1 Å². The van der Waals surface area contributed by atoms with Gasteiger partial charge in [0.1, 0.15) is 5.94 Å². The summed E-state index contributed by atoms with van der Waals surface area (Å²) in [5.41, 5.74) is 5.03. The molecule has 3 aromatic rings. The lowest BCUT2D eigenvalue weighted by Crippen LogP contribution is -2.36. The van der Waals surface area contributed by atoms with Crippen molar-refractivity contribution in [2.24, 2.45) is 7.05 Å². The van der Waals surface area contributed by atoms with Crippen LogP contribution in [0.4, 0.5) is 0 Å². The van der Waals surface area contributed by atoms with Gasteiger partial charge in [0.15, 0.2) is 0 Å². The summed E-state index contributed by atoms with van der Waals surface area (Å²) in [6.07, 6.45) is 3.70. The van der Waals surface area contributed by atoms with Crippen LogP contribution < -0.4 is 0 Å². The maximum atomic E-state index is 12.0. The van der Waals surface area contributed by atoms with Gasteiger partial charge in [-0.2, -0.15) is 0 Å². The highest BCUT2D eigenvalue weighted by Gasteiger charge is 2.34. The molecule has 0 atom stereocenters. The Morgan fingerprint density at radius 1 is 1.07 bits per heavy atom. The number of rotatable bonds is 4. The molecule has 0 radical (unpaired) electrons. The zero-order valence-corrected chi connectivity index (χ0v) is 17.0. The Balaban J connectivity index is 1.71. The predicted octanol–water partition coefficient (Wildman–Crippen LogP) is 2.85. The second-order valence-electron chi connectivity index (χ2n) is 7.76. The molecule has 30 heavy (non-hydrogen) atoms. The summed E-state index contributed by atoms with van der Waals surface area (Å²) in [7, 11) is 2.00. The number of aryl methyl sites for hydroxylation is 1. The van der Waals surface area contributed by atoms with Crippen LogP contribution in [0.1, 0.15) is 11.3 Å². The SMILES string of the molecule is Cn1cncc1CN1CC(=C=O)C(N2CCOCC2)=C1c1cccc2ccccc12. The van der Waals surface area contributed by atoms with E-state index in [1.54, 1.807) is 0 Å². The molecule has 0 unspecified atom stereocenters. The third-order valence-electron chi connectivity index (χ3n) is 5.94. The summed E-state index contributed by atoms with van der Waals surface area (Å²) in [6, 6.07) is 14.8. The lowest BCUT2D eigenvalue weighted by molar-refractivity contribution is 0.0553. The van der Waals surface area contributed by atoms with Crippen molar-refractivity contribution in [1.29, 1.82) is 0 Å². The quantitative estimate of drug-likeness (QED) is 0.631. The van der Waals surface area contributed by atoms with Crippen molar-refractivity contribution in [3.8, 4) is 0 Å². The minimum Gasteiger partial charge on any atom is -0.378 e. The summed E-state index contributed by atoms with van der Waals surface area (Å²) in [5, 5.41) is 2.37. The van der Waals surface area contributed by atoms with Crippen LogP contribution in [0.5, 0.6) is 0 Å². The van der Waals surface area contributed by atoms with Gasteiger partial charge in [0.25, 0.3) is 0 Å². The van der Waals surface area contributed by atoms with E-state index in [1.807, 2.05) is 24.1 Å². The van der Waals surface area contributed by atoms with Gasteiger partial charge in [-0.3, -0.25) is 0 Å². The van der Waals surface area contributed by atoms with Crippen molar-refractivity contribution >= 4 is 22.4 Å². The van der Waals surface area contributed by atoms with E-state index >= 15 is 0 Å². The summed E-state index contributed by atoms with van der Waals surface area (Å²) in [5.74, 6) is 2.25. The highest BCUT2D eigenvalue weighted by molar-refractivity contribution is 5.96. The first-order chi connectivity index (χ1) is 14.8. The molecule has 6 heteroatoms. The van der Waals surface area contributed by atoms with E-state index in [1.165, 1.54) is 10.8 Å². The summed E-state index contributed by atoms with van der Waals surface area (Å²) >= 11 is 0. The zero-order valence-electron chi connectivity index (χ0n) is 17.0. The number of hydrogen-bond donors (Lipinski definition) is 0. The third kappa shape index (κ3) is 3.20. The maximum Gasteiger partial charge on any atom is 0.132 e. The second kappa shape index (κ2) is 7.82. The van der Waals surface area contributed by atoms with Gasteiger partial charge < -0.3 is 19.1 Å². The standard InChI is InChI=1S/C24H24N4O2/c1-26-17-25-13-20(26)15-28-14-19(16-29)23(27-9-11-30-12-10-27)24(28)22-8-4-6-18-5-2-3-7-21(18)22/h2-8,13,17H,9-12,14-15H2,1H3. The Kier molecular flexibility index (Phi) is 4.87. The lowest BCUT2D eigenvalue weighted by Gasteiger charge is -2.31. The van der Waals surface area contributed by atoms with Gasteiger partial charge in [-0.1, -0.05) is 42.5 Å². The molecule has 0 spiro atoms. The van der Waals surface area contributed by atoms with Crippen molar-refractivity contribution in [2.75, 3.05) is 32.8 Å². The molecule has 1 saturated heterocycles. The Labute approximate surface area is 175 Å². The Bertz CT molecular complexity index is 1160. The van der Waals surface area contributed by atoms with E-state index in [2.05, 4.69) is 63.2 Å². The highest BCUT2D eigenvalue weighted by Crippen LogP contribution is 2.39. The molecule has 0 N–H and O–H groups in total. The smallest absolute Gasteiger partial charge is 0.132 e. The number of fused-ring (bicyclic) bond motifs is 1. The van der Waals surface area contributed by atoms with E-state index in [0.717, 1.165) is 35.7 Å². The fraction of sp³-hybridized carbons (Fsp3) is 0.292. The van der Waals surface area contributed by atoms with E-state index in [-0.39, 0.29) is 0 Å². The first-order valence-corrected chi connectivity index (χ1v) is 10.3. The molecule has 0 aliphatic carbocycles. The number of nitrogens with zero attached hydrogens (tertiary/aromatic N) is 4. The number of aromatic nitrogens is 2. The van der Waals surface area contributed by atoms with E-state index < -0.39 is 0 Å². The monoisotopic (exact) mass is 400 g/mol. The number of morpholine rings is 1. The molecule has 2 aliphatic rings. The molecular formula is C24H24N4O2. The van der Waals surface area contributed by atoms with Crippen LogP contribution in [0.25, 0.3) is 16.5 Å². The highest BCUT2D eigenvalue weighted by atomic mass is 16.5. The fourth-order valence-electron chi connectivity index (χ4n) is 4.44. The molecular weight excluding hydrogens is 376 g/mol. The van der Waals surface area contributed by atoms with Crippen LogP contribution in [0.3, 0.4) is 0 Å². The summed E-state index contributed by atoms with van der Waals surface area (Å²) < 4.78 is 7.60. The van der Waals surface area contributed by atoms with Gasteiger partial charge >= 0.3 is 0 Å². The first kappa shape index (κ1) is 18.7. The van der Waals surface area contributed by atoms with Crippen LogP contribution in [0, 0.1) is 0 Å². The second-order valence-corrected chi connectivity index (χ2v) is 7.76. The molecule has 5 rings (SSSR count). The normalized spacial score (nSPS) is 17.2. The average Bonchev–Trinajstić information content (AvgIpc) is 3.37. The largest absolute Gasteiger partial charge is 0.378 e. The predicted molar refractivity (Wildman–Crippen MR) is 116 cm³/mol. The fourth-order valence-corrected chi connectivity index (χ4v) is 4.44. The maximum absolute atomic E-state index is 12.0. The Morgan fingerprint density at radius 3 is 2.63 bits per heavy atom. The molecule has 1 fully saturated rings. The van der Waals surface area contributed by atoms with Gasteiger partial charge in [0.2, 0.25) is 0 Å². The van der Waals surface area contributed by atoms with Crippen LogP contribution >= 0.6 is 0 Å². The van der Waals surface area contributed by atoms with Gasteiger partial charge in [0.05, 0.1) is 55.3 Å². The van der Waals surface area contributed by atoms with Gasteiger partial charge in [0, 0.05) is 31.9 Å². The molecule has 0 saturated carbocycles. The molecule has 0 amide bonds. The van der Waals surface area contributed by atoms with Crippen molar-refractivity contribution in [3.63, 3.8) is 0 Å². The number of hydrogen-bond acceptors (Lipinski definition) is 5. The van der Waals surface area contributed by atoms with Crippen molar-refractivity contribution < 1.29 is 9.53 Å². The number of carbonyl (C=O) groups excluding carboxylic acids is 1. The van der Waals surface area contributed by atoms with Crippen LogP contribution in [-0.2, 0) is 23.1 Å². The minimum atomic E-state index is 0.542. The average molecular weight is 400 g/mol. The van der Waals surface area contributed by atoms with Crippen LogP contribution in [0.15, 0.2) is 66.3 Å². The summed E-state index contributed by atoms with van der Waals surface area (Å²) in [6.45, 7) is 4.09. The van der Waals surface area contributed by atoms with Gasteiger partial charge in [-0.15, -0.1) is 0 Å². The Hall–Kier alpha value is -3.34. The minimum absolute atomic E-state index is 0.542. The van der Waals surface area contributed by atoms with Crippen molar-refractivity contribution in [1.82, 2.24) is 19.4 Å². The van der Waals surface area contributed by atoms with Crippen molar-refractivity contribution in [3.05, 3.63) is 77.5 Å². The topological polar surface area (TPSA) is 50.6 Å². The van der Waals surface area contributed by atoms with Gasteiger partial charge in [-0.05, 0) is 10.8 Å². The molecule has 152 valence electrons. The van der Waals surface area contributed by atoms with Crippen molar-refractivity contribution in [2.45, 2.75) is 6.54 Å². The number of imidazole rings is 1. The molecule has 0 bridgehead atoms. The molecule has 2 aliphatic heterocycles. The van der Waals surface area contributed by atoms with E-state index in [0.29, 0.717) is 31.9 Å². The number of ether oxygens (including phenoxy) is 1. The Morgan fingerprint density at radius 2 is 1.87 bits per heavy atom. The summed E-state index contributed by atoms with van der Waals surface area (Å²) in [4.78, 5) is 20.8.